The Morgan fingerprint density at radius 1 is 1.24 bits per heavy atom. The summed E-state index contributed by atoms with van der Waals surface area (Å²) in [5.74, 6) is 0.353. The molecule has 1 aliphatic heterocycles. The quantitative estimate of drug-likeness (QED) is 0.506. The summed E-state index contributed by atoms with van der Waals surface area (Å²) in [6.07, 6.45) is 3.11. The van der Waals surface area contributed by atoms with Gasteiger partial charge in [0.05, 0.1) is 31.7 Å². The van der Waals surface area contributed by atoms with Crippen molar-refractivity contribution in [2.24, 2.45) is 0 Å². The fourth-order valence-electron chi connectivity index (χ4n) is 2.97. The third-order valence-electron chi connectivity index (χ3n) is 4.35. The van der Waals surface area contributed by atoms with Crippen LogP contribution in [0.3, 0.4) is 0 Å². The molecular weight excluding hydrogens is 454 g/mol. The van der Waals surface area contributed by atoms with Crippen LogP contribution in [0.25, 0.3) is 6.08 Å². The van der Waals surface area contributed by atoms with Crippen LogP contribution in [0, 0.1) is 0 Å². The van der Waals surface area contributed by atoms with Crippen molar-refractivity contribution in [1.29, 1.82) is 0 Å². The van der Waals surface area contributed by atoms with Crippen LogP contribution in [0.2, 0.25) is 0 Å². The zero-order valence-corrected chi connectivity index (χ0v) is 18.4. The second-order valence-corrected chi connectivity index (χ2v) is 7.60. The van der Waals surface area contributed by atoms with Gasteiger partial charge in [0.15, 0.2) is 5.11 Å². The number of hydrogen-bond donors (Lipinski definition) is 2. The number of amides is 1. The highest BCUT2D eigenvalue weighted by Gasteiger charge is 2.15. The molecule has 0 aliphatic carbocycles. The van der Waals surface area contributed by atoms with E-state index < -0.39 is 0 Å². The number of rotatable bonds is 5. The lowest BCUT2D eigenvalue weighted by molar-refractivity contribution is -0.115. The molecule has 8 heteroatoms. The molecule has 6 nitrogen and oxygen atoms in total. The van der Waals surface area contributed by atoms with Gasteiger partial charge in [0.1, 0.15) is 5.75 Å². The Morgan fingerprint density at radius 2 is 2.00 bits per heavy atom. The number of hydrogen-bond acceptors (Lipinski definition) is 5. The van der Waals surface area contributed by atoms with Crippen LogP contribution in [-0.2, 0) is 9.53 Å². The van der Waals surface area contributed by atoms with E-state index >= 15 is 0 Å². The van der Waals surface area contributed by atoms with Crippen molar-refractivity contribution in [2.45, 2.75) is 0 Å². The molecule has 0 radical (unpaired) electrons. The van der Waals surface area contributed by atoms with Crippen LogP contribution in [0.4, 0.5) is 11.4 Å². The van der Waals surface area contributed by atoms with Gasteiger partial charge < -0.3 is 19.7 Å². The number of anilines is 2. The van der Waals surface area contributed by atoms with Crippen molar-refractivity contribution in [2.75, 3.05) is 43.6 Å². The molecule has 0 atom stereocenters. The lowest BCUT2D eigenvalue weighted by atomic mass is 10.2. The Hall–Kier alpha value is -2.42. The summed E-state index contributed by atoms with van der Waals surface area (Å²) in [7, 11) is 1.59. The highest BCUT2D eigenvalue weighted by Crippen LogP contribution is 2.26. The number of methoxy groups -OCH3 is 1. The van der Waals surface area contributed by atoms with E-state index in [1.807, 2.05) is 42.5 Å². The van der Waals surface area contributed by atoms with Crippen LogP contribution < -0.4 is 20.3 Å². The van der Waals surface area contributed by atoms with Gasteiger partial charge in [-0.25, -0.2) is 0 Å². The number of carbonyl (C=O) groups excluding carboxylic acids is 1. The fourth-order valence-corrected chi connectivity index (χ4v) is 3.56. The summed E-state index contributed by atoms with van der Waals surface area (Å²) in [6.45, 7) is 3.02. The molecule has 0 saturated carbocycles. The monoisotopic (exact) mass is 475 g/mol. The van der Waals surface area contributed by atoms with E-state index in [1.165, 1.54) is 6.08 Å². The number of nitrogens with one attached hydrogen (secondary N) is 2. The fraction of sp³-hybridized carbons (Fsp3) is 0.238. The summed E-state index contributed by atoms with van der Waals surface area (Å²) in [5.41, 5.74) is 2.66. The third kappa shape index (κ3) is 6.03. The van der Waals surface area contributed by atoms with Gasteiger partial charge in [0, 0.05) is 29.2 Å². The Kier molecular flexibility index (Phi) is 7.62. The number of ether oxygens (including phenoxy) is 2. The normalized spacial score (nSPS) is 13.9. The summed E-state index contributed by atoms with van der Waals surface area (Å²) < 4.78 is 11.6. The molecule has 1 heterocycles. The van der Waals surface area contributed by atoms with Crippen molar-refractivity contribution in [1.82, 2.24) is 5.32 Å². The topological polar surface area (TPSA) is 62.8 Å². The molecule has 0 unspecified atom stereocenters. The largest absolute Gasteiger partial charge is 0.496 e. The second kappa shape index (κ2) is 10.4. The van der Waals surface area contributed by atoms with Gasteiger partial charge in [-0.3, -0.25) is 10.1 Å². The minimum atomic E-state index is -0.326. The first-order valence-corrected chi connectivity index (χ1v) is 10.3. The maximum Gasteiger partial charge on any atom is 0.250 e. The van der Waals surface area contributed by atoms with E-state index in [-0.39, 0.29) is 11.0 Å². The first-order valence-electron chi connectivity index (χ1n) is 9.12. The molecule has 2 aromatic carbocycles. The Balaban J connectivity index is 1.63. The van der Waals surface area contributed by atoms with Gasteiger partial charge in [-0.2, -0.15) is 0 Å². The zero-order valence-electron chi connectivity index (χ0n) is 16.0. The van der Waals surface area contributed by atoms with E-state index in [0.717, 1.165) is 34.5 Å². The number of nitrogens with zero attached hydrogens (tertiary/aromatic N) is 1. The molecule has 2 aromatic rings. The minimum Gasteiger partial charge on any atom is -0.496 e. The molecule has 1 amide bonds. The minimum absolute atomic E-state index is 0.238. The molecule has 1 saturated heterocycles. The third-order valence-corrected chi connectivity index (χ3v) is 5.04. The second-order valence-electron chi connectivity index (χ2n) is 6.28. The van der Waals surface area contributed by atoms with Crippen LogP contribution in [0.15, 0.2) is 53.0 Å². The average Bonchev–Trinajstić information content (AvgIpc) is 2.73. The van der Waals surface area contributed by atoms with Crippen molar-refractivity contribution in [3.63, 3.8) is 0 Å². The van der Waals surface area contributed by atoms with Crippen LogP contribution >= 0.6 is 28.1 Å². The van der Waals surface area contributed by atoms with E-state index in [9.17, 15) is 4.79 Å². The van der Waals surface area contributed by atoms with Crippen molar-refractivity contribution < 1.29 is 14.3 Å². The van der Waals surface area contributed by atoms with E-state index in [1.54, 1.807) is 13.2 Å². The van der Waals surface area contributed by atoms with Crippen molar-refractivity contribution in [3.05, 3.63) is 58.6 Å². The summed E-state index contributed by atoms with van der Waals surface area (Å²) in [6, 6.07) is 13.4. The molecule has 0 aromatic heterocycles. The number of thiocarbonyl (C=S) groups is 1. The molecule has 152 valence electrons. The summed E-state index contributed by atoms with van der Waals surface area (Å²) >= 11 is 8.74. The number of morpholine rings is 1. The van der Waals surface area contributed by atoms with E-state index in [4.69, 9.17) is 21.7 Å². The van der Waals surface area contributed by atoms with E-state index in [2.05, 4.69) is 31.5 Å². The average molecular weight is 476 g/mol. The zero-order chi connectivity index (χ0) is 20.6. The van der Waals surface area contributed by atoms with Crippen molar-refractivity contribution in [3.8, 4) is 5.75 Å². The molecular formula is C21H22BrN3O3S. The summed E-state index contributed by atoms with van der Waals surface area (Å²) in [4.78, 5) is 14.5. The predicted octanol–water partition coefficient (Wildman–Crippen LogP) is 3.82. The molecule has 0 bridgehead atoms. The van der Waals surface area contributed by atoms with E-state index in [0.29, 0.717) is 19.0 Å². The van der Waals surface area contributed by atoms with Gasteiger partial charge in [-0.05, 0) is 48.6 Å². The van der Waals surface area contributed by atoms with Gasteiger partial charge in [-0.15, -0.1) is 0 Å². The number of carbonyl (C=O) groups is 1. The Labute approximate surface area is 184 Å². The van der Waals surface area contributed by atoms with Crippen molar-refractivity contribution >= 4 is 56.6 Å². The number of benzene rings is 2. The lowest BCUT2D eigenvalue weighted by Crippen LogP contribution is -2.37. The molecule has 0 spiro atoms. The molecule has 2 N–H and O–H groups in total. The summed E-state index contributed by atoms with van der Waals surface area (Å²) in [5, 5.41) is 6.04. The van der Waals surface area contributed by atoms with Gasteiger partial charge in [-0.1, -0.05) is 28.1 Å². The SMILES string of the molecule is COc1ccc(Br)cc1C=CC(=O)NC(=S)Nc1ccccc1N1CCOCC1. The highest BCUT2D eigenvalue weighted by molar-refractivity contribution is 9.10. The molecule has 3 rings (SSSR count). The maximum atomic E-state index is 12.3. The molecule has 29 heavy (non-hydrogen) atoms. The maximum absolute atomic E-state index is 12.3. The Morgan fingerprint density at radius 3 is 2.76 bits per heavy atom. The van der Waals surface area contributed by atoms with Gasteiger partial charge >= 0.3 is 0 Å². The standard InChI is InChI=1S/C21H22BrN3O3S/c1-27-19-8-7-16(22)14-15(19)6-9-20(26)24-21(29)23-17-4-2-3-5-18(17)25-10-12-28-13-11-25/h2-9,14H,10-13H2,1H3,(H2,23,24,26,29). The first-order chi connectivity index (χ1) is 14.1. The van der Waals surface area contributed by atoms with Gasteiger partial charge in [0.2, 0.25) is 5.91 Å². The van der Waals surface area contributed by atoms with Crippen LogP contribution in [0.1, 0.15) is 5.56 Å². The predicted molar refractivity (Wildman–Crippen MR) is 124 cm³/mol. The number of halogens is 1. The smallest absolute Gasteiger partial charge is 0.250 e. The number of para-hydroxylation sites is 2. The lowest BCUT2D eigenvalue weighted by Gasteiger charge is -2.30. The van der Waals surface area contributed by atoms with Crippen LogP contribution in [-0.4, -0.2) is 44.4 Å². The first kappa shape index (κ1) is 21.3. The van der Waals surface area contributed by atoms with Crippen LogP contribution in [0.5, 0.6) is 5.75 Å². The molecule has 1 aliphatic rings. The Bertz CT molecular complexity index is 914. The van der Waals surface area contributed by atoms with Gasteiger partial charge in [0.25, 0.3) is 0 Å². The highest BCUT2D eigenvalue weighted by atomic mass is 79.9. The molecule has 1 fully saturated rings.